The standard InChI is InChI=1S/C10H25N2O4P/c1-3-5-9(6-4-2)12-10(8-13)7-11-17(14,15)16/h9-10,12-13H,3-8H2,1-2H3,(H3,11,14,15,16)/t10-/m1/s1. The van der Waals surface area contributed by atoms with Crippen LogP contribution in [0.2, 0.25) is 0 Å². The molecule has 0 aromatic rings. The van der Waals surface area contributed by atoms with Gasteiger partial charge < -0.3 is 20.2 Å². The van der Waals surface area contributed by atoms with Gasteiger partial charge in [-0.3, -0.25) is 0 Å². The van der Waals surface area contributed by atoms with Gasteiger partial charge in [0.15, 0.2) is 0 Å². The van der Waals surface area contributed by atoms with Crippen LogP contribution in [0.5, 0.6) is 0 Å². The maximum Gasteiger partial charge on any atom is 0.400 e. The molecular weight excluding hydrogens is 243 g/mol. The molecule has 17 heavy (non-hydrogen) atoms. The van der Waals surface area contributed by atoms with Gasteiger partial charge in [-0.05, 0) is 12.8 Å². The summed E-state index contributed by atoms with van der Waals surface area (Å²) >= 11 is 0. The molecule has 0 aliphatic heterocycles. The summed E-state index contributed by atoms with van der Waals surface area (Å²) in [5.41, 5.74) is 0. The van der Waals surface area contributed by atoms with Crippen molar-refractivity contribution in [3.05, 3.63) is 0 Å². The lowest BCUT2D eigenvalue weighted by Gasteiger charge is -2.24. The van der Waals surface area contributed by atoms with E-state index in [1.54, 1.807) is 0 Å². The van der Waals surface area contributed by atoms with Crippen molar-refractivity contribution in [2.24, 2.45) is 0 Å². The van der Waals surface area contributed by atoms with Gasteiger partial charge in [-0.1, -0.05) is 26.7 Å². The summed E-state index contributed by atoms with van der Waals surface area (Å²) in [4.78, 5) is 17.4. The van der Waals surface area contributed by atoms with E-state index < -0.39 is 7.75 Å². The molecule has 0 bridgehead atoms. The second kappa shape index (κ2) is 9.03. The molecule has 0 aromatic carbocycles. The number of aliphatic hydroxyl groups is 1. The predicted molar refractivity (Wildman–Crippen MR) is 67.7 cm³/mol. The van der Waals surface area contributed by atoms with E-state index in [1.807, 2.05) is 0 Å². The highest BCUT2D eigenvalue weighted by Crippen LogP contribution is 2.27. The summed E-state index contributed by atoms with van der Waals surface area (Å²) in [6.07, 6.45) is 4.09. The molecule has 0 unspecified atom stereocenters. The fraction of sp³-hybridized carbons (Fsp3) is 1.00. The van der Waals surface area contributed by atoms with E-state index in [1.165, 1.54) is 0 Å². The highest BCUT2D eigenvalue weighted by atomic mass is 31.2. The van der Waals surface area contributed by atoms with Crippen molar-refractivity contribution in [3.63, 3.8) is 0 Å². The maximum atomic E-state index is 10.7. The minimum Gasteiger partial charge on any atom is -0.395 e. The largest absolute Gasteiger partial charge is 0.400 e. The van der Waals surface area contributed by atoms with Crippen molar-refractivity contribution in [1.82, 2.24) is 10.4 Å². The van der Waals surface area contributed by atoms with Crippen LogP contribution in [0, 0.1) is 0 Å². The quantitative estimate of drug-likeness (QED) is 0.372. The average molecular weight is 268 g/mol. The average Bonchev–Trinajstić information content (AvgIpc) is 2.23. The first-order valence-electron chi connectivity index (χ1n) is 6.10. The smallest absolute Gasteiger partial charge is 0.395 e. The molecule has 0 aliphatic carbocycles. The van der Waals surface area contributed by atoms with Crippen molar-refractivity contribution in [2.75, 3.05) is 13.2 Å². The van der Waals surface area contributed by atoms with E-state index in [0.717, 1.165) is 25.7 Å². The Labute approximate surface area is 103 Å². The molecule has 0 aromatic heterocycles. The minimum absolute atomic E-state index is 0.0602. The van der Waals surface area contributed by atoms with Crippen molar-refractivity contribution in [1.29, 1.82) is 0 Å². The Hall–Kier alpha value is 0.0300. The minimum atomic E-state index is -4.21. The third-order valence-corrected chi connectivity index (χ3v) is 3.10. The van der Waals surface area contributed by atoms with Gasteiger partial charge in [0.05, 0.1) is 6.61 Å². The Bertz CT molecular complexity index is 228. The fourth-order valence-corrected chi connectivity index (χ4v) is 2.20. The van der Waals surface area contributed by atoms with Crippen LogP contribution >= 0.6 is 7.75 Å². The van der Waals surface area contributed by atoms with Crippen molar-refractivity contribution in [2.45, 2.75) is 51.6 Å². The summed E-state index contributed by atoms with van der Waals surface area (Å²) in [6.45, 7) is 4.10. The highest BCUT2D eigenvalue weighted by Gasteiger charge is 2.18. The molecule has 0 spiro atoms. The molecule has 6 nitrogen and oxygen atoms in total. The summed E-state index contributed by atoms with van der Waals surface area (Å²) in [5.74, 6) is 0. The first-order chi connectivity index (χ1) is 7.92. The van der Waals surface area contributed by atoms with Crippen molar-refractivity contribution >= 4 is 7.75 Å². The first-order valence-corrected chi connectivity index (χ1v) is 7.71. The number of nitrogens with one attached hydrogen (secondary N) is 2. The molecule has 0 amide bonds. The lowest BCUT2D eigenvalue weighted by atomic mass is 10.1. The molecule has 104 valence electrons. The lowest BCUT2D eigenvalue weighted by molar-refractivity contribution is 0.223. The Morgan fingerprint density at radius 1 is 1.12 bits per heavy atom. The van der Waals surface area contributed by atoms with Gasteiger partial charge in [-0.25, -0.2) is 9.65 Å². The monoisotopic (exact) mass is 268 g/mol. The van der Waals surface area contributed by atoms with Crippen molar-refractivity contribution in [3.8, 4) is 0 Å². The topological polar surface area (TPSA) is 102 Å². The van der Waals surface area contributed by atoms with E-state index >= 15 is 0 Å². The van der Waals surface area contributed by atoms with Crippen LogP contribution < -0.4 is 10.4 Å². The summed E-state index contributed by atoms with van der Waals surface area (Å²) in [7, 11) is -4.21. The molecule has 0 radical (unpaired) electrons. The highest BCUT2D eigenvalue weighted by molar-refractivity contribution is 7.49. The first kappa shape index (κ1) is 17.0. The van der Waals surface area contributed by atoms with Crippen LogP contribution in [0.4, 0.5) is 0 Å². The zero-order chi connectivity index (χ0) is 13.3. The van der Waals surface area contributed by atoms with Crippen LogP contribution in [0.3, 0.4) is 0 Å². The molecule has 0 saturated heterocycles. The van der Waals surface area contributed by atoms with Gasteiger partial charge in [-0.2, -0.15) is 0 Å². The predicted octanol–water partition coefficient (Wildman–Crippen LogP) is 0.588. The summed E-state index contributed by atoms with van der Waals surface area (Å²) in [5, 5.41) is 14.5. The molecule has 0 heterocycles. The van der Waals surface area contributed by atoms with Crippen LogP contribution in [0.1, 0.15) is 39.5 Å². The van der Waals surface area contributed by atoms with Crippen LogP contribution in [-0.2, 0) is 4.57 Å². The molecule has 5 N–H and O–H groups in total. The van der Waals surface area contributed by atoms with E-state index in [0.29, 0.717) is 6.04 Å². The van der Waals surface area contributed by atoms with E-state index in [-0.39, 0.29) is 19.2 Å². The summed E-state index contributed by atoms with van der Waals surface area (Å²) < 4.78 is 10.7. The van der Waals surface area contributed by atoms with Gasteiger partial charge >= 0.3 is 7.75 Å². The van der Waals surface area contributed by atoms with E-state index in [9.17, 15) is 4.57 Å². The molecule has 1 atom stereocenters. The van der Waals surface area contributed by atoms with Crippen LogP contribution in [-0.4, -0.2) is 40.1 Å². The van der Waals surface area contributed by atoms with E-state index in [2.05, 4.69) is 24.3 Å². The third-order valence-electron chi connectivity index (χ3n) is 2.51. The lowest BCUT2D eigenvalue weighted by Crippen LogP contribution is -2.45. The van der Waals surface area contributed by atoms with Gasteiger partial charge in [0.2, 0.25) is 0 Å². The maximum absolute atomic E-state index is 10.7. The molecular formula is C10H25N2O4P. The zero-order valence-corrected chi connectivity index (χ0v) is 11.5. The normalized spacial score (nSPS) is 14.2. The van der Waals surface area contributed by atoms with Gasteiger partial charge in [0.25, 0.3) is 0 Å². The SMILES string of the molecule is CCCC(CCC)N[C@@H](CO)CNP(=O)(O)O. The second-order valence-electron chi connectivity index (χ2n) is 4.23. The molecule has 0 fully saturated rings. The Morgan fingerprint density at radius 3 is 2.00 bits per heavy atom. The van der Waals surface area contributed by atoms with Crippen LogP contribution in [0.25, 0.3) is 0 Å². The van der Waals surface area contributed by atoms with Crippen molar-refractivity contribution < 1.29 is 19.5 Å². The number of aliphatic hydroxyl groups excluding tert-OH is 1. The Morgan fingerprint density at radius 2 is 1.65 bits per heavy atom. The number of rotatable bonds is 10. The molecule has 0 aliphatic rings. The van der Waals surface area contributed by atoms with Gasteiger partial charge in [-0.15, -0.1) is 0 Å². The van der Waals surface area contributed by atoms with Gasteiger partial charge in [0, 0.05) is 18.6 Å². The zero-order valence-electron chi connectivity index (χ0n) is 10.6. The molecule has 0 saturated carbocycles. The number of hydrogen-bond acceptors (Lipinski definition) is 3. The van der Waals surface area contributed by atoms with Gasteiger partial charge in [0.1, 0.15) is 0 Å². The fourth-order valence-electron chi connectivity index (χ4n) is 1.75. The Kier molecular flexibility index (Phi) is 9.04. The van der Waals surface area contributed by atoms with Crippen LogP contribution in [0.15, 0.2) is 0 Å². The molecule has 0 rings (SSSR count). The second-order valence-corrected chi connectivity index (χ2v) is 5.63. The van der Waals surface area contributed by atoms with E-state index in [4.69, 9.17) is 14.9 Å². The third kappa shape index (κ3) is 9.71. The number of hydrogen-bond donors (Lipinski definition) is 5. The summed E-state index contributed by atoms with van der Waals surface area (Å²) in [6, 6.07) is -0.0357. The Balaban J connectivity index is 4.11. The molecule has 7 heteroatoms.